The van der Waals surface area contributed by atoms with Crippen LogP contribution < -0.4 is 4.90 Å². The van der Waals surface area contributed by atoms with Gasteiger partial charge in [-0.1, -0.05) is 17.3 Å². The molecule has 0 unspecified atom stereocenters. The smallest absolute Gasteiger partial charge is 0.232 e. The van der Waals surface area contributed by atoms with Crippen molar-refractivity contribution in [2.45, 2.75) is 108 Å². The summed E-state index contributed by atoms with van der Waals surface area (Å²) in [6.45, 7) is 4.82. The molecule has 3 aromatic heterocycles. The Morgan fingerprint density at radius 3 is 2.43 bits per heavy atom. The molecule has 0 spiro atoms. The number of amides is 1. The summed E-state index contributed by atoms with van der Waals surface area (Å²) < 4.78 is 22.4. The molecule has 3 heterocycles. The highest BCUT2D eigenvalue weighted by Gasteiger charge is 2.69. The Morgan fingerprint density at radius 2 is 1.73 bits per heavy atom. The van der Waals surface area contributed by atoms with Gasteiger partial charge in [0.25, 0.3) is 0 Å². The molecule has 7 aliphatic carbocycles. The minimum absolute atomic E-state index is 0.0138. The van der Waals surface area contributed by atoms with Crippen molar-refractivity contribution in [3.63, 3.8) is 0 Å². The largest absolute Gasteiger partial charge is 0.339 e. The number of imidazole rings is 1. The van der Waals surface area contributed by atoms with Gasteiger partial charge in [-0.15, -0.1) is 0 Å². The summed E-state index contributed by atoms with van der Waals surface area (Å²) in [4.78, 5) is 25.8. The zero-order valence-electron chi connectivity index (χ0n) is 25.7. The van der Waals surface area contributed by atoms with Gasteiger partial charge >= 0.3 is 0 Å². The number of hydrogen-bond acceptors (Lipinski definition) is 5. The Labute approximate surface area is 257 Å². The lowest BCUT2D eigenvalue weighted by atomic mass is 9.41. The fraction of sp³-hybridized carbons (Fsp3) is 0.556. The summed E-state index contributed by atoms with van der Waals surface area (Å²) in [6, 6.07) is 10.6. The van der Waals surface area contributed by atoms with Crippen LogP contribution in [0, 0.1) is 24.7 Å². The van der Waals surface area contributed by atoms with Crippen molar-refractivity contribution in [1.82, 2.24) is 19.5 Å². The number of hydrogen-bond donors (Lipinski definition) is 0. The molecule has 7 saturated carbocycles. The maximum Gasteiger partial charge on any atom is 0.232 e. The van der Waals surface area contributed by atoms with Gasteiger partial charge in [0.05, 0.1) is 5.69 Å². The van der Waals surface area contributed by atoms with Gasteiger partial charge in [-0.3, -0.25) is 4.79 Å². The van der Waals surface area contributed by atoms with Crippen LogP contribution in [0.25, 0.3) is 16.8 Å². The average molecular weight is 594 g/mol. The number of anilines is 1. The van der Waals surface area contributed by atoms with Gasteiger partial charge in [0.2, 0.25) is 11.8 Å². The van der Waals surface area contributed by atoms with E-state index in [1.807, 2.05) is 6.92 Å². The van der Waals surface area contributed by atoms with Gasteiger partial charge in [0.15, 0.2) is 5.82 Å². The standard InChI is InChI=1S/C36H40FN5O2/c1-23-14-27(18-41-17-24(2)38-31(23)41)26-4-3-5-28(15-26)42(29(43)16-34-19-36(37,20-34)21-34)22-33-8-11-35(12-9-33,13-10-33)32-39-30(40-44-32)25-6-7-25/h3-5,14-15,17-18,25H,6-13,16,19-22H2,1-2H3. The van der Waals surface area contributed by atoms with E-state index in [9.17, 15) is 9.18 Å². The summed E-state index contributed by atoms with van der Waals surface area (Å²) in [5, 5.41) is 4.33. The van der Waals surface area contributed by atoms with E-state index in [0.29, 0.717) is 38.1 Å². The summed E-state index contributed by atoms with van der Waals surface area (Å²) in [5.41, 5.74) is 5.12. The number of aromatic nitrogens is 4. The number of rotatable bonds is 8. The first kappa shape index (κ1) is 26.8. The van der Waals surface area contributed by atoms with Crippen LogP contribution in [-0.4, -0.2) is 37.6 Å². The molecule has 7 aliphatic rings. The molecule has 7 nitrogen and oxygen atoms in total. The molecule has 0 aliphatic heterocycles. The van der Waals surface area contributed by atoms with Crippen LogP contribution in [0.4, 0.5) is 10.1 Å². The van der Waals surface area contributed by atoms with E-state index in [0.717, 1.165) is 84.0 Å². The third-order valence-electron chi connectivity index (χ3n) is 12.0. The van der Waals surface area contributed by atoms with Crippen LogP contribution in [-0.2, 0) is 10.2 Å². The highest BCUT2D eigenvalue weighted by Crippen LogP contribution is 2.71. The highest BCUT2D eigenvalue weighted by molar-refractivity contribution is 5.95. The van der Waals surface area contributed by atoms with Crippen molar-refractivity contribution in [2.24, 2.45) is 10.8 Å². The fourth-order valence-electron chi connectivity index (χ4n) is 9.30. The Hall–Kier alpha value is -3.55. The molecule has 4 bridgehead atoms. The molecule has 0 atom stereocenters. The quantitative estimate of drug-likeness (QED) is 0.208. The van der Waals surface area contributed by atoms with E-state index in [1.165, 1.54) is 12.8 Å². The van der Waals surface area contributed by atoms with E-state index in [4.69, 9.17) is 9.51 Å². The van der Waals surface area contributed by atoms with Crippen molar-refractivity contribution < 1.29 is 13.7 Å². The van der Waals surface area contributed by atoms with E-state index in [-0.39, 0.29) is 22.2 Å². The zero-order chi connectivity index (χ0) is 29.9. The molecule has 228 valence electrons. The summed E-state index contributed by atoms with van der Waals surface area (Å²) >= 11 is 0. The third kappa shape index (κ3) is 4.19. The van der Waals surface area contributed by atoms with E-state index in [1.54, 1.807) is 0 Å². The van der Waals surface area contributed by atoms with Crippen LogP contribution >= 0.6 is 0 Å². The summed E-state index contributed by atoms with van der Waals surface area (Å²) in [7, 11) is 0. The van der Waals surface area contributed by atoms with Crippen LogP contribution in [0.1, 0.15) is 106 Å². The minimum Gasteiger partial charge on any atom is -0.339 e. The fourth-order valence-corrected chi connectivity index (χ4v) is 9.30. The SMILES string of the molecule is Cc1cn2cc(-c3cccc(N(CC45CCC(c6nc(C7CC7)no6)(CC4)CC5)C(=O)CC45CC(F)(C4)C5)c3)cc(C)c2n1. The molecule has 11 rings (SSSR count). The monoisotopic (exact) mass is 593 g/mol. The number of carbonyl (C=O) groups excluding carboxylic acids is 1. The maximum atomic E-state index is 14.4. The average Bonchev–Trinajstić information content (AvgIpc) is 3.58. The van der Waals surface area contributed by atoms with Gasteiger partial charge < -0.3 is 13.8 Å². The van der Waals surface area contributed by atoms with Crippen LogP contribution in [0.15, 0.2) is 47.2 Å². The maximum absolute atomic E-state index is 14.4. The normalized spacial score (nSPS) is 32.0. The molecular weight excluding hydrogens is 553 g/mol. The summed E-state index contributed by atoms with van der Waals surface area (Å²) in [6.07, 6.45) is 14.8. The van der Waals surface area contributed by atoms with Crippen molar-refractivity contribution >= 4 is 17.2 Å². The second-order valence-electron chi connectivity index (χ2n) is 15.4. The van der Waals surface area contributed by atoms with Gasteiger partial charge in [0, 0.05) is 42.4 Å². The van der Waals surface area contributed by atoms with Gasteiger partial charge in [-0.25, -0.2) is 9.37 Å². The lowest BCUT2D eigenvalue weighted by molar-refractivity contribution is -0.215. The van der Waals surface area contributed by atoms with E-state index < -0.39 is 5.67 Å². The Morgan fingerprint density at radius 1 is 0.977 bits per heavy atom. The number of halogens is 1. The highest BCUT2D eigenvalue weighted by atomic mass is 19.1. The second-order valence-corrected chi connectivity index (χ2v) is 15.4. The predicted octanol–water partition coefficient (Wildman–Crippen LogP) is 7.79. The number of benzene rings is 1. The minimum atomic E-state index is -1.00. The third-order valence-corrected chi connectivity index (χ3v) is 12.0. The van der Waals surface area contributed by atoms with Crippen molar-refractivity contribution in [1.29, 1.82) is 0 Å². The number of alkyl halides is 1. The van der Waals surface area contributed by atoms with Crippen LogP contribution in [0.2, 0.25) is 0 Å². The second kappa shape index (κ2) is 9.01. The lowest BCUT2D eigenvalue weighted by Crippen LogP contribution is -2.65. The molecule has 0 N–H and O–H groups in total. The number of carbonyl (C=O) groups is 1. The number of pyridine rings is 1. The van der Waals surface area contributed by atoms with Crippen LogP contribution in [0.3, 0.4) is 0 Å². The Bertz CT molecular complexity index is 1770. The molecule has 0 saturated heterocycles. The number of aryl methyl sites for hydroxylation is 2. The first-order valence-corrected chi connectivity index (χ1v) is 16.5. The van der Waals surface area contributed by atoms with Gasteiger partial charge in [0.1, 0.15) is 11.3 Å². The summed E-state index contributed by atoms with van der Waals surface area (Å²) in [5.74, 6) is 2.38. The molecule has 1 amide bonds. The van der Waals surface area contributed by atoms with E-state index >= 15 is 0 Å². The molecule has 0 radical (unpaired) electrons. The van der Waals surface area contributed by atoms with Crippen LogP contribution in [0.5, 0.6) is 0 Å². The molecular formula is C36H40FN5O2. The lowest BCUT2D eigenvalue weighted by Gasteiger charge is -2.66. The molecule has 8 heteroatoms. The topological polar surface area (TPSA) is 76.5 Å². The Kier molecular flexibility index (Phi) is 5.49. The van der Waals surface area contributed by atoms with Crippen molar-refractivity contribution in [2.75, 3.05) is 11.4 Å². The molecule has 1 aromatic carbocycles. The van der Waals surface area contributed by atoms with Gasteiger partial charge in [-0.05, 0) is 130 Å². The first-order valence-electron chi connectivity index (χ1n) is 16.5. The number of fused-ring (bicyclic) bond motifs is 4. The first-order chi connectivity index (χ1) is 21.1. The van der Waals surface area contributed by atoms with Crippen molar-refractivity contribution in [3.8, 4) is 11.1 Å². The number of nitrogens with zero attached hydrogens (tertiary/aromatic N) is 5. The molecule has 4 aromatic rings. The predicted molar refractivity (Wildman–Crippen MR) is 165 cm³/mol. The Balaban J connectivity index is 1.01. The van der Waals surface area contributed by atoms with Crippen molar-refractivity contribution in [3.05, 3.63) is 65.7 Å². The molecule has 7 fully saturated rings. The zero-order valence-corrected chi connectivity index (χ0v) is 25.7. The van der Waals surface area contributed by atoms with E-state index in [2.05, 4.69) is 69.1 Å². The molecule has 44 heavy (non-hydrogen) atoms. The van der Waals surface area contributed by atoms with Gasteiger partial charge in [-0.2, -0.15) is 4.98 Å².